The molecule has 0 radical (unpaired) electrons. The highest BCUT2D eigenvalue weighted by Gasteiger charge is 2.31. The van der Waals surface area contributed by atoms with E-state index in [0.717, 1.165) is 4.47 Å². The Labute approximate surface area is 206 Å². The molecular formula is C24H27BrN2O7. The highest BCUT2D eigenvalue weighted by Crippen LogP contribution is 2.33. The molecule has 0 aliphatic carbocycles. The number of benzene rings is 1. The molecule has 2 aromatic rings. The summed E-state index contributed by atoms with van der Waals surface area (Å²) in [5.74, 6) is 0.0965. The number of hydrogen-bond donors (Lipinski definition) is 1. The highest BCUT2D eigenvalue weighted by atomic mass is 79.9. The van der Waals surface area contributed by atoms with Gasteiger partial charge in [-0.3, -0.25) is 9.36 Å². The zero-order chi connectivity index (χ0) is 24.8. The van der Waals surface area contributed by atoms with E-state index in [2.05, 4.69) is 21.2 Å². The molecule has 10 heteroatoms. The number of hydrogen-bond acceptors (Lipinski definition) is 7. The number of nitrogens with one attached hydrogen (secondary N) is 1. The number of rotatable bonds is 8. The largest absolute Gasteiger partial charge is 0.515 e. The molecular weight excluding hydrogens is 508 g/mol. The molecule has 1 aliphatic heterocycles. The molecule has 0 unspecified atom stereocenters. The molecule has 1 aromatic heterocycles. The van der Waals surface area contributed by atoms with Gasteiger partial charge >= 0.3 is 12.3 Å². The maximum atomic E-state index is 12.7. The number of amides is 1. The van der Waals surface area contributed by atoms with E-state index < -0.39 is 18.2 Å². The molecule has 0 fully saturated rings. The number of ether oxygens (including phenoxy) is 4. The lowest BCUT2D eigenvalue weighted by Crippen LogP contribution is -2.19. The van der Waals surface area contributed by atoms with Gasteiger partial charge in [0.1, 0.15) is 11.3 Å². The predicted octanol–water partition coefficient (Wildman–Crippen LogP) is 5.06. The molecule has 0 saturated heterocycles. The van der Waals surface area contributed by atoms with Crippen LogP contribution in [0.3, 0.4) is 0 Å². The minimum Gasteiger partial charge on any atom is -0.434 e. The van der Waals surface area contributed by atoms with Crippen LogP contribution in [0.5, 0.6) is 5.88 Å². The van der Waals surface area contributed by atoms with Crippen LogP contribution in [0.1, 0.15) is 33.4 Å². The predicted molar refractivity (Wildman–Crippen MR) is 127 cm³/mol. The van der Waals surface area contributed by atoms with Crippen molar-refractivity contribution in [1.82, 2.24) is 9.88 Å². The average molecular weight is 535 g/mol. The summed E-state index contributed by atoms with van der Waals surface area (Å²) < 4.78 is 23.4. The fourth-order valence-corrected chi connectivity index (χ4v) is 3.34. The Morgan fingerprint density at radius 3 is 2.12 bits per heavy atom. The summed E-state index contributed by atoms with van der Waals surface area (Å²) in [5.41, 5.74) is 1.12. The molecule has 0 spiro atoms. The molecule has 1 aromatic carbocycles. The van der Waals surface area contributed by atoms with Gasteiger partial charge in [-0.2, -0.15) is 0 Å². The van der Waals surface area contributed by atoms with Gasteiger partial charge in [0.25, 0.3) is 5.91 Å². The number of aromatic nitrogens is 1. The molecule has 1 amide bonds. The van der Waals surface area contributed by atoms with Gasteiger partial charge in [-0.05, 0) is 42.2 Å². The van der Waals surface area contributed by atoms with E-state index in [1.165, 1.54) is 0 Å². The molecule has 9 nitrogen and oxygen atoms in total. The first-order chi connectivity index (χ1) is 16.2. The number of nitrogens with zero attached hydrogens (tertiary/aromatic N) is 1. The van der Waals surface area contributed by atoms with Gasteiger partial charge in [0.05, 0.1) is 25.5 Å². The van der Waals surface area contributed by atoms with Gasteiger partial charge in [0, 0.05) is 16.2 Å². The summed E-state index contributed by atoms with van der Waals surface area (Å²) >= 11 is 3.40. The second-order valence-corrected chi connectivity index (χ2v) is 9.38. The number of carbonyl (C=O) groups excluding carboxylic acids is 3. The normalized spacial score (nSPS) is 13.3. The molecule has 0 bridgehead atoms. The fourth-order valence-electron chi connectivity index (χ4n) is 3.07. The first-order valence-electron chi connectivity index (χ1n) is 10.8. The van der Waals surface area contributed by atoms with Crippen molar-refractivity contribution < 1.29 is 33.3 Å². The van der Waals surface area contributed by atoms with E-state index in [1.54, 1.807) is 28.8 Å². The highest BCUT2D eigenvalue weighted by molar-refractivity contribution is 9.10. The van der Waals surface area contributed by atoms with Crippen LogP contribution in [-0.4, -0.2) is 42.5 Å². The lowest BCUT2D eigenvalue weighted by Gasteiger charge is -2.15. The van der Waals surface area contributed by atoms with Crippen molar-refractivity contribution in [2.45, 2.75) is 27.7 Å². The van der Waals surface area contributed by atoms with Crippen LogP contribution in [0.4, 0.5) is 9.59 Å². The maximum Gasteiger partial charge on any atom is 0.515 e. The Morgan fingerprint density at radius 2 is 1.53 bits per heavy atom. The van der Waals surface area contributed by atoms with Crippen LogP contribution in [0.25, 0.3) is 11.3 Å². The molecule has 1 aliphatic rings. The minimum absolute atomic E-state index is 0.0169. The number of carbonyl (C=O) groups is 3. The Kier molecular flexibility index (Phi) is 8.38. The van der Waals surface area contributed by atoms with Crippen molar-refractivity contribution in [2.24, 2.45) is 11.8 Å². The molecule has 182 valence electrons. The van der Waals surface area contributed by atoms with Crippen molar-refractivity contribution in [2.75, 3.05) is 19.8 Å². The van der Waals surface area contributed by atoms with E-state index >= 15 is 0 Å². The van der Waals surface area contributed by atoms with E-state index in [0.29, 0.717) is 11.4 Å². The summed E-state index contributed by atoms with van der Waals surface area (Å²) in [6, 6.07) is 10.3. The maximum absolute atomic E-state index is 12.7. The minimum atomic E-state index is -0.895. The van der Waals surface area contributed by atoms with E-state index in [4.69, 9.17) is 18.9 Å². The number of halogens is 1. The molecule has 3 rings (SSSR count). The Morgan fingerprint density at radius 1 is 0.941 bits per heavy atom. The van der Waals surface area contributed by atoms with Crippen LogP contribution < -0.4 is 10.1 Å². The van der Waals surface area contributed by atoms with Gasteiger partial charge in [-0.15, -0.1) is 0 Å². The topological polar surface area (TPSA) is 105 Å². The van der Waals surface area contributed by atoms with E-state index in [1.807, 2.05) is 39.8 Å². The van der Waals surface area contributed by atoms with Gasteiger partial charge in [-0.25, -0.2) is 9.59 Å². The third kappa shape index (κ3) is 6.40. The Balaban J connectivity index is 1.99. The Hall–Kier alpha value is -3.27. The summed E-state index contributed by atoms with van der Waals surface area (Å²) in [4.78, 5) is 37.1. The third-order valence-corrected chi connectivity index (χ3v) is 5.09. The molecule has 2 heterocycles. The zero-order valence-electron chi connectivity index (χ0n) is 19.4. The van der Waals surface area contributed by atoms with Crippen molar-refractivity contribution >= 4 is 39.7 Å². The monoisotopic (exact) mass is 534 g/mol. The van der Waals surface area contributed by atoms with Crippen molar-refractivity contribution in [1.29, 1.82) is 0 Å². The van der Waals surface area contributed by atoms with Crippen molar-refractivity contribution in [3.63, 3.8) is 0 Å². The molecule has 1 N–H and O–H groups in total. The molecule has 0 saturated carbocycles. The first kappa shape index (κ1) is 25.4. The van der Waals surface area contributed by atoms with Crippen molar-refractivity contribution in [3.05, 3.63) is 52.3 Å². The summed E-state index contributed by atoms with van der Waals surface area (Å²) in [7, 11) is 0. The standard InChI is InChI=1S/C24H27BrN2O7/c1-14(2)12-31-23(29)33-19-11-26-22(28)21(19)18-9-10-20(34-24(30)32-13-15(3)4)27(18)17-7-5-16(25)6-8-17/h5-10,14-15H,11-13H2,1-4H3,(H,26,28). The van der Waals surface area contributed by atoms with Crippen LogP contribution >= 0.6 is 15.9 Å². The van der Waals surface area contributed by atoms with Gasteiger partial charge in [-0.1, -0.05) is 43.6 Å². The van der Waals surface area contributed by atoms with Gasteiger partial charge in [0.2, 0.25) is 5.88 Å². The van der Waals surface area contributed by atoms with Crippen molar-refractivity contribution in [3.8, 4) is 11.6 Å². The first-order valence-corrected chi connectivity index (χ1v) is 11.6. The van der Waals surface area contributed by atoms with Crippen LogP contribution in [-0.2, 0) is 19.0 Å². The van der Waals surface area contributed by atoms with Gasteiger partial charge in [0.15, 0.2) is 0 Å². The van der Waals surface area contributed by atoms with E-state index in [9.17, 15) is 14.4 Å². The fraction of sp³-hybridized carbons (Fsp3) is 0.375. The summed E-state index contributed by atoms with van der Waals surface area (Å²) in [5, 5.41) is 2.66. The Bertz CT molecular complexity index is 1090. The quantitative estimate of drug-likeness (QED) is 0.471. The second kappa shape index (κ2) is 11.2. The van der Waals surface area contributed by atoms with Crippen LogP contribution in [0.15, 0.2) is 46.6 Å². The van der Waals surface area contributed by atoms with Crippen LogP contribution in [0.2, 0.25) is 0 Å². The second-order valence-electron chi connectivity index (χ2n) is 8.46. The average Bonchev–Trinajstić information content (AvgIpc) is 3.34. The molecule has 34 heavy (non-hydrogen) atoms. The van der Waals surface area contributed by atoms with E-state index in [-0.39, 0.29) is 48.8 Å². The smallest absolute Gasteiger partial charge is 0.434 e. The van der Waals surface area contributed by atoms with Crippen LogP contribution in [0, 0.1) is 11.8 Å². The lowest BCUT2D eigenvalue weighted by molar-refractivity contribution is -0.114. The SMILES string of the molecule is CC(C)COC(=O)OC1=C(c2ccc(OC(=O)OCC(C)C)n2-c2ccc(Br)cc2)C(=O)NC1. The zero-order valence-corrected chi connectivity index (χ0v) is 21.0. The molecule has 0 atom stereocenters. The lowest BCUT2D eigenvalue weighted by atomic mass is 10.1. The summed E-state index contributed by atoms with van der Waals surface area (Å²) in [6.45, 7) is 8.03. The summed E-state index contributed by atoms with van der Waals surface area (Å²) in [6.07, 6.45) is -1.76. The van der Waals surface area contributed by atoms with Gasteiger partial charge < -0.3 is 24.3 Å². The third-order valence-electron chi connectivity index (χ3n) is 4.56.